The Balaban J connectivity index is 0.00000170. The zero-order valence-corrected chi connectivity index (χ0v) is 97.8. The van der Waals surface area contributed by atoms with E-state index >= 15 is 0 Å². The summed E-state index contributed by atoms with van der Waals surface area (Å²) in [4.78, 5) is 228. The summed E-state index contributed by atoms with van der Waals surface area (Å²) in [7, 11) is 35.8. The number of hydrogen-bond acceptors (Lipinski definition) is 28. The van der Waals surface area contributed by atoms with Crippen LogP contribution in [-0.2, 0) is 38.3 Å². The quantitative estimate of drug-likeness (QED) is 0.0404. The number of pyridine rings is 4. The molecule has 0 radical (unpaired) electrons. The number of nitrogens with zero attached hydrogens (tertiary/aromatic N) is 19. The minimum atomic E-state index is -0.564. The van der Waals surface area contributed by atoms with Gasteiger partial charge in [-0.2, -0.15) is 0 Å². The molecule has 2 N–H and O–H groups in total. The molecule has 2 atom stereocenters. The molecular formula is C111H190N20O16. The first-order valence-corrected chi connectivity index (χ1v) is 51.0. The second-order valence-corrected chi connectivity index (χ2v) is 47.1. The van der Waals surface area contributed by atoms with E-state index in [1.54, 1.807) is 133 Å². The van der Waals surface area contributed by atoms with Crippen molar-refractivity contribution in [3.05, 3.63) is 118 Å². The number of hydrogen-bond donors (Lipinski definition) is 1. The van der Waals surface area contributed by atoms with Gasteiger partial charge in [0.05, 0.1) is 23.2 Å². The number of ether oxygens (including phenoxy) is 1. The van der Waals surface area contributed by atoms with Crippen LogP contribution in [0.15, 0.2) is 73.6 Å². The lowest BCUT2D eigenvalue weighted by Crippen LogP contribution is -2.51. The van der Waals surface area contributed by atoms with Crippen molar-refractivity contribution in [1.82, 2.24) is 93.4 Å². The van der Waals surface area contributed by atoms with Crippen LogP contribution in [0, 0.1) is 49.7 Å². The molecule has 8 amide bonds. The minimum absolute atomic E-state index is 0.00321. The maximum Gasteiger partial charge on any atom is 0.272 e. The van der Waals surface area contributed by atoms with Gasteiger partial charge in [0.2, 0.25) is 23.6 Å². The van der Waals surface area contributed by atoms with Crippen LogP contribution in [0.3, 0.4) is 0 Å². The van der Waals surface area contributed by atoms with Gasteiger partial charge in [0, 0.05) is 284 Å². The molecule has 0 spiro atoms. The van der Waals surface area contributed by atoms with Gasteiger partial charge in [-0.05, 0) is 134 Å². The van der Waals surface area contributed by atoms with Crippen molar-refractivity contribution in [1.29, 1.82) is 0 Å². The Bertz CT molecular complexity index is 4460. The Labute approximate surface area is 882 Å². The van der Waals surface area contributed by atoms with Crippen molar-refractivity contribution >= 4 is 87.7 Å². The van der Waals surface area contributed by atoms with Crippen molar-refractivity contribution in [3.8, 4) is 0 Å². The number of Topliss-reactive ketones (excluding diaryl/α,β-unsaturated/α-hetero) is 7. The molecule has 2 fully saturated rings. The maximum absolute atomic E-state index is 13.1. The molecule has 830 valence electrons. The number of carbonyl (C=O) groups excluding carboxylic acids is 15. The van der Waals surface area contributed by atoms with E-state index in [2.05, 4.69) is 29.7 Å². The predicted octanol–water partition coefficient (Wildman–Crippen LogP) is 10.8. The van der Waals surface area contributed by atoms with Crippen molar-refractivity contribution in [2.24, 2.45) is 55.5 Å². The first-order valence-electron chi connectivity index (χ1n) is 51.0. The minimum Gasteiger partial charge on any atom is -0.369 e. The fourth-order valence-electron chi connectivity index (χ4n) is 13.9. The van der Waals surface area contributed by atoms with Crippen LogP contribution in [0.5, 0.6) is 0 Å². The Morgan fingerprint density at radius 1 is 0.320 bits per heavy atom. The summed E-state index contributed by atoms with van der Waals surface area (Å²) in [5.41, 5.74) is 4.82. The van der Waals surface area contributed by atoms with Crippen LogP contribution in [0.25, 0.3) is 0 Å². The van der Waals surface area contributed by atoms with Gasteiger partial charge in [-0.15, -0.1) is 0 Å². The van der Waals surface area contributed by atoms with Gasteiger partial charge in [-0.25, -0.2) is 0 Å². The average molecular weight is 2060 g/mol. The van der Waals surface area contributed by atoms with E-state index < -0.39 is 32.5 Å². The maximum atomic E-state index is 13.1. The van der Waals surface area contributed by atoms with Gasteiger partial charge in [-0.1, -0.05) is 158 Å². The number of rotatable bonds is 40. The topological polar surface area (TPSA) is 391 Å². The fraction of sp³-hybridized carbons (Fsp3) is 0.685. The molecular weight excluding hydrogens is 1870 g/mol. The third-order valence-electron chi connectivity index (χ3n) is 24.2. The fourth-order valence-corrected chi connectivity index (χ4v) is 13.9. The lowest BCUT2D eigenvalue weighted by molar-refractivity contribution is -0.145. The smallest absolute Gasteiger partial charge is 0.272 e. The first-order chi connectivity index (χ1) is 67.4. The summed E-state index contributed by atoms with van der Waals surface area (Å²) in [5, 5.41) is 0. The number of piperazine rings is 1. The monoisotopic (exact) mass is 2060 g/mol. The molecule has 0 aromatic carbocycles. The molecule has 5 heterocycles. The largest absolute Gasteiger partial charge is 0.369 e. The second kappa shape index (κ2) is 64.3. The summed E-state index contributed by atoms with van der Waals surface area (Å²) in [6.07, 6.45) is 13.5. The zero-order valence-electron chi connectivity index (χ0n) is 97.8. The molecule has 1 aliphatic carbocycles. The number of carbonyl (C=O) groups is 15. The molecule has 147 heavy (non-hydrogen) atoms. The normalized spacial score (nSPS) is 14.1. The van der Waals surface area contributed by atoms with Crippen LogP contribution < -0.4 is 5.73 Å². The SMILES string of the molecule is CN(C)CCN(C)C(=O)CCC(=O)C(C)(C)C.CN(C)CCN(C)C(=O)COCC(=O)C(C)(C)C.CN(C)CCN(C)C(=O)c1cccnc1C(=O)C(C)(C)C.CN(C)CCN(C)C(=O)c1ccncc1C(=O)C(C)(C)C.CN(C)CCN(C)C(=O)c1cnccc1C(=O)C(C)(C)C.CN(C)CCN(C)C(=O)c1ncccc1C(=O)C(C)(C)C.CN(CCN1CCN(CC(N)=O)CC1)C(=O)[C@H]1CCCC[C@H]1C(=O)C(C)(C)C. The van der Waals surface area contributed by atoms with Crippen molar-refractivity contribution in [2.75, 3.05) is 271 Å². The number of nitrogens with two attached hydrogens (primary N) is 1. The third kappa shape index (κ3) is 52.6. The molecule has 0 unspecified atom stereocenters. The van der Waals surface area contributed by atoms with E-state index in [1.807, 2.05) is 271 Å². The molecule has 1 saturated carbocycles. The van der Waals surface area contributed by atoms with Crippen LogP contribution in [0.2, 0.25) is 0 Å². The van der Waals surface area contributed by atoms with Crippen LogP contribution in [0.4, 0.5) is 0 Å². The summed E-state index contributed by atoms with van der Waals surface area (Å²) >= 11 is 0. The Morgan fingerprint density at radius 3 is 1.07 bits per heavy atom. The molecule has 4 aromatic rings. The number of aromatic nitrogens is 4. The zero-order chi connectivity index (χ0) is 114. The van der Waals surface area contributed by atoms with Gasteiger partial charge < -0.3 is 74.2 Å². The van der Waals surface area contributed by atoms with Crippen molar-refractivity contribution in [2.45, 2.75) is 184 Å². The van der Waals surface area contributed by atoms with Crippen molar-refractivity contribution in [3.63, 3.8) is 0 Å². The molecule has 2 aliphatic rings. The lowest BCUT2D eigenvalue weighted by atomic mass is 9.70. The number of primary amides is 1. The first kappa shape index (κ1) is 137. The Hall–Kier alpha value is -10.3. The van der Waals surface area contributed by atoms with Gasteiger partial charge in [0.25, 0.3) is 23.6 Å². The second-order valence-electron chi connectivity index (χ2n) is 47.1. The van der Waals surface area contributed by atoms with E-state index in [0.717, 1.165) is 97.7 Å². The summed E-state index contributed by atoms with van der Waals surface area (Å²) in [5.74, 6) is -1.15. The standard InChI is InChI=1S/C21H38N4O3.4C16H25N3O2.C13H26N2O3.C13H26N2O2/c1-21(2,3)19(27)16-7-5-6-8-17(16)20(28)23(4)9-10-24-11-13-25(14-12-24)15-18(22)26;1-16(2,3)14(20)13-11-17-8-7-12(13)15(21)19(6)10-9-18(4)5;1-16(2,3)14(20)12-7-8-17-11-13(12)15(21)19(6)10-9-18(4)5;1-16(2,3)14(20)13-12(8-7-9-17-13)15(21)19(6)11-10-18(4)5;1-16(2,3)14(20)12-8-7-9-17-13(12)15(21)19(6)11-10-18(4)5;1-13(2,3)11(16)9-18-10-12(17)15(6)8-7-14(4)5;1-13(2,3)11(16)7-8-12(17)15(6)10-9-14(4)5/h16-17H,5-15H2,1-4H3,(H2,22,26);2*7-8,11H,9-10H2,1-6H3;2*7-9H,10-11H2,1-6H3;7-10H2,1-6H3;7-10H2,1-6H3/t16-,17+;;;;;;/m1....../s1. The van der Waals surface area contributed by atoms with Crippen LogP contribution >= 0.6 is 0 Å². The highest BCUT2D eigenvalue weighted by Gasteiger charge is 2.42. The van der Waals surface area contributed by atoms with Gasteiger partial charge in [0.15, 0.2) is 28.9 Å². The highest BCUT2D eigenvalue weighted by molar-refractivity contribution is 6.12. The van der Waals surface area contributed by atoms with E-state index in [1.165, 1.54) is 12.4 Å². The molecule has 1 saturated heterocycles. The van der Waals surface area contributed by atoms with Crippen molar-refractivity contribution < 1.29 is 76.7 Å². The molecule has 1 aliphatic heterocycles. The van der Waals surface area contributed by atoms with E-state index in [9.17, 15) is 71.9 Å². The van der Waals surface area contributed by atoms with Gasteiger partial charge in [0.1, 0.15) is 36.2 Å². The number of ketones is 7. The number of likely N-dealkylation sites (N-methyl/N-ethyl adjacent to an activating group) is 13. The average Bonchev–Trinajstić information content (AvgIpc) is 0.832. The molecule has 0 bridgehead atoms. The molecule has 6 rings (SSSR count). The summed E-state index contributed by atoms with van der Waals surface area (Å²) in [6.45, 7) is 52.7. The van der Waals surface area contributed by atoms with Gasteiger partial charge in [-0.3, -0.25) is 102 Å². The highest BCUT2D eigenvalue weighted by Crippen LogP contribution is 2.37. The van der Waals surface area contributed by atoms with E-state index in [0.29, 0.717) is 98.6 Å². The van der Waals surface area contributed by atoms with Gasteiger partial charge >= 0.3 is 0 Å². The van der Waals surface area contributed by atoms with Crippen LogP contribution in [0.1, 0.15) is 267 Å². The van der Waals surface area contributed by atoms with E-state index in [4.69, 9.17) is 10.5 Å². The molecule has 4 aromatic heterocycles. The Kier molecular flexibility index (Phi) is 59.8. The molecule has 36 nitrogen and oxygen atoms in total. The highest BCUT2D eigenvalue weighted by atomic mass is 16.5. The summed E-state index contributed by atoms with van der Waals surface area (Å²) < 4.78 is 5.16. The Morgan fingerprint density at radius 2 is 0.667 bits per heavy atom. The predicted molar refractivity (Wildman–Crippen MR) is 585 cm³/mol. The third-order valence-corrected chi connectivity index (χ3v) is 24.2. The number of amides is 8. The van der Waals surface area contributed by atoms with Crippen LogP contribution in [-0.4, -0.2) is 453 Å². The lowest BCUT2D eigenvalue weighted by Gasteiger charge is -2.37. The summed E-state index contributed by atoms with van der Waals surface area (Å²) in [6, 6.07) is 9.96. The molecule has 36 heteroatoms. The van der Waals surface area contributed by atoms with E-state index in [-0.39, 0.29) is 130 Å².